The van der Waals surface area contributed by atoms with Crippen LogP contribution in [0.2, 0.25) is 0 Å². The van der Waals surface area contributed by atoms with Crippen LogP contribution in [0.25, 0.3) is 0 Å². The van der Waals surface area contributed by atoms with Crippen LogP contribution < -0.4 is 4.74 Å². The molecule has 0 amide bonds. The highest BCUT2D eigenvalue weighted by molar-refractivity contribution is 5.99. The number of ether oxygens (including phenoxy) is 2. The van der Waals surface area contributed by atoms with E-state index < -0.39 is 5.97 Å². The molecule has 0 N–H and O–H groups in total. The monoisotopic (exact) mass is 341 g/mol. The van der Waals surface area contributed by atoms with E-state index in [1.54, 1.807) is 6.07 Å². The fourth-order valence-electron chi connectivity index (χ4n) is 3.07. The first-order chi connectivity index (χ1) is 12.0. The van der Waals surface area contributed by atoms with E-state index in [0.717, 1.165) is 29.8 Å². The van der Waals surface area contributed by atoms with Crippen LogP contribution in [0.4, 0.5) is 0 Å². The molecule has 5 heteroatoms. The van der Waals surface area contributed by atoms with Gasteiger partial charge in [0.15, 0.2) is 13.2 Å². The van der Waals surface area contributed by atoms with E-state index >= 15 is 0 Å². The van der Waals surface area contributed by atoms with E-state index in [-0.39, 0.29) is 19.0 Å². The van der Waals surface area contributed by atoms with Crippen LogP contribution in [-0.4, -0.2) is 29.5 Å². The van der Waals surface area contributed by atoms with Crippen molar-refractivity contribution in [2.24, 2.45) is 0 Å². The largest absolute Gasteiger partial charge is 0.482 e. The molecule has 0 spiro atoms. The highest BCUT2D eigenvalue weighted by Gasteiger charge is 2.28. The number of benzene rings is 1. The summed E-state index contributed by atoms with van der Waals surface area (Å²) in [6, 6.07) is 9.82. The number of nitrogens with zero attached hydrogens (tertiary/aromatic N) is 1. The van der Waals surface area contributed by atoms with Crippen molar-refractivity contribution in [1.82, 2.24) is 4.57 Å². The molecule has 0 unspecified atom stereocenters. The Balaban J connectivity index is 1.52. The molecule has 0 radical (unpaired) electrons. The van der Waals surface area contributed by atoms with Gasteiger partial charge in [-0.2, -0.15) is 0 Å². The molecule has 1 saturated carbocycles. The SMILES string of the molecule is Cc1cccc(OCC(=O)OCC(=O)c2cc(C)n(C3CC3)c2C)c1. The summed E-state index contributed by atoms with van der Waals surface area (Å²) in [7, 11) is 0. The van der Waals surface area contributed by atoms with Crippen molar-refractivity contribution >= 4 is 11.8 Å². The Kier molecular flexibility index (Phi) is 4.93. The molecular weight excluding hydrogens is 318 g/mol. The lowest BCUT2D eigenvalue weighted by Gasteiger charge is -2.08. The van der Waals surface area contributed by atoms with E-state index in [4.69, 9.17) is 9.47 Å². The minimum atomic E-state index is -0.550. The number of carbonyl (C=O) groups is 2. The minimum Gasteiger partial charge on any atom is -0.482 e. The smallest absolute Gasteiger partial charge is 0.344 e. The number of carbonyl (C=O) groups excluding carboxylic acids is 2. The zero-order valence-corrected chi connectivity index (χ0v) is 14.9. The van der Waals surface area contributed by atoms with E-state index in [1.807, 2.05) is 45.0 Å². The molecule has 1 heterocycles. The summed E-state index contributed by atoms with van der Waals surface area (Å²) in [6.07, 6.45) is 2.32. The van der Waals surface area contributed by atoms with Crippen LogP contribution in [0.15, 0.2) is 30.3 Å². The second-order valence-corrected chi connectivity index (χ2v) is 6.58. The number of rotatable bonds is 7. The van der Waals surface area contributed by atoms with Crippen molar-refractivity contribution in [3.8, 4) is 5.75 Å². The van der Waals surface area contributed by atoms with Gasteiger partial charge in [0.2, 0.25) is 5.78 Å². The number of aromatic nitrogens is 1. The third-order valence-corrected chi connectivity index (χ3v) is 4.41. The van der Waals surface area contributed by atoms with Crippen molar-refractivity contribution < 1.29 is 19.1 Å². The third kappa shape index (κ3) is 4.10. The fourth-order valence-corrected chi connectivity index (χ4v) is 3.07. The summed E-state index contributed by atoms with van der Waals surface area (Å²) >= 11 is 0. The molecule has 3 rings (SSSR count). The highest BCUT2D eigenvalue weighted by atomic mass is 16.6. The van der Waals surface area contributed by atoms with E-state index in [9.17, 15) is 9.59 Å². The predicted molar refractivity (Wildman–Crippen MR) is 94.1 cm³/mol. The van der Waals surface area contributed by atoms with Gasteiger partial charge in [0.25, 0.3) is 0 Å². The number of hydrogen-bond donors (Lipinski definition) is 0. The quantitative estimate of drug-likeness (QED) is 0.571. The highest BCUT2D eigenvalue weighted by Crippen LogP contribution is 2.38. The summed E-state index contributed by atoms with van der Waals surface area (Å²) in [6.45, 7) is 5.43. The van der Waals surface area contributed by atoms with Gasteiger partial charge in [-0.05, 0) is 57.4 Å². The van der Waals surface area contributed by atoms with Gasteiger partial charge in [-0.3, -0.25) is 4.79 Å². The summed E-state index contributed by atoms with van der Waals surface area (Å²) in [5, 5.41) is 0. The lowest BCUT2D eigenvalue weighted by molar-refractivity contribution is -0.144. The average Bonchev–Trinajstić information content (AvgIpc) is 3.36. The second-order valence-electron chi connectivity index (χ2n) is 6.58. The first-order valence-corrected chi connectivity index (χ1v) is 8.52. The first kappa shape index (κ1) is 17.3. The van der Waals surface area contributed by atoms with Gasteiger partial charge in [-0.1, -0.05) is 12.1 Å². The molecule has 132 valence electrons. The van der Waals surface area contributed by atoms with Crippen molar-refractivity contribution in [3.63, 3.8) is 0 Å². The maximum atomic E-state index is 12.4. The van der Waals surface area contributed by atoms with E-state index in [1.165, 1.54) is 0 Å². The zero-order chi connectivity index (χ0) is 18.0. The van der Waals surface area contributed by atoms with Crippen LogP contribution in [0, 0.1) is 20.8 Å². The van der Waals surface area contributed by atoms with Crippen molar-refractivity contribution in [2.45, 2.75) is 39.7 Å². The molecule has 5 nitrogen and oxygen atoms in total. The summed E-state index contributed by atoms with van der Waals surface area (Å²) in [5.74, 6) is -0.119. The Hall–Kier alpha value is -2.56. The molecule has 1 aromatic heterocycles. The van der Waals surface area contributed by atoms with Gasteiger partial charge < -0.3 is 14.0 Å². The number of hydrogen-bond acceptors (Lipinski definition) is 4. The summed E-state index contributed by atoms with van der Waals surface area (Å²) in [4.78, 5) is 24.2. The zero-order valence-electron chi connectivity index (χ0n) is 14.9. The molecular formula is C20H23NO4. The Bertz CT molecular complexity index is 802. The van der Waals surface area contributed by atoms with Crippen LogP contribution in [0.3, 0.4) is 0 Å². The fraction of sp³-hybridized carbons (Fsp3) is 0.400. The van der Waals surface area contributed by atoms with Gasteiger partial charge >= 0.3 is 5.97 Å². The maximum Gasteiger partial charge on any atom is 0.344 e. The second kappa shape index (κ2) is 7.13. The Morgan fingerprint density at radius 3 is 2.56 bits per heavy atom. The van der Waals surface area contributed by atoms with Crippen molar-refractivity contribution in [3.05, 3.63) is 52.8 Å². The number of esters is 1. The van der Waals surface area contributed by atoms with E-state index in [2.05, 4.69) is 4.57 Å². The molecule has 1 aromatic carbocycles. The molecule has 0 atom stereocenters. The molecule has 1 aliphatic carbocycles. The number of ketones is 1. The van der Waals surface area contributed by atoms with Crippen LogP contribution in [0.1, 0.15) is 46.2 Å². The van der Waals surface area contributed by atoms with Gasteiger partial charge in [0, 0.05) is 23.0 Å². The molecule has 2 aromatic rings. The standard InChI is InChI=1S/C20H23NO4/c1-13-5-4-6-17(9-13)24-12-20(23)25-11-19(22)18-10-14(2)21(15(18)3)16-7-8-16/h4-6,9-10,16H,7-8,11-12H2,1-3H3. The molecule has 0 bridgehead atoms. The lowest BCUT2D eigenvalue weighted by Crippen LogP contribution is -2.19. The number of aryl methyl sites for hydroxylation is 2. The molecule has 0 saturated heterocycles. The molecule has 25 heavy (non-hydrogen) atoms. The number of Topliss-reactive ketones (excluding diaryl/α,β-unsaturated/α-hetero) is 1. The van der Waals surface area contributed by atoms with E-state index in [0.29, 0.717) is 17.4 Å². The molecule has 1 aliphatic rings. The van der Waals surface area contributed by atoms with Gasteiger partial charge in [-0.25, -0.2) is 4.79 Å². The topological polar surface area (TPSA) is 57.5 Å². The first-order valence-electron chi connectivity index (χ1n) is 8.52. The molecule has 0 aliphatic heterocycles. The van der Waals surface area contributed by atoms with Crippen molar-refractivity contribution in [2.75, 3.05) is 13.2 Å². The van der Waals surface area contributed by atoms with Gasteiger partial charge in [0.1, 0.15) is 5.75 Å². The Morgan fingerprint density at radius 2 is 1.88 bits per heavy atom. The predicted octanol–water partition coefficient (Wildman–Crippen LogP) is 3.55. The van der Waals surface area contributed by atoms with Crippen LogP contribution >= 0.6 is 0 Å². The maximum absolute atomic E-state index is 12.4. The summed E-state index contributed by atoms with van der Waals surface area (Å²) in [5.41, 5.74) is 3.72. The molecule has 1 fully saturated rings. The third-order valence-electron chi connectivity index (χ3n) is 4.41. The van der Waals surface area contributed by atoms with Gasteiger partial charge in [0.05, 0.1) is 0 Å². The summed E-state index contributed by atoms with van der Waals surface area (Å²) < 4.78 is 12.7. The van der Waals surface area contributed by atoms with Crippen LogP contribution in [0.5, 0.6) is 5.75 Å². The minimum absolute atomic E-state index is 0.177. The Morgan fingerprint density at radius 1 is 1.12 bits per heavy atom. The van der Waals surface area contributed by atoms with Crippen molar-refractivity contribution in [1.29, 1.82) is 0 Å². The van der Waals surface area contributed by atoms with Gasteiger partial charge in [-0.15, -0.1) is 0 Å². The normalized spacial score (nSPS) is 13.6. The average molecular weight is 341 g/mol. The lowest BCUT2D eigenvalue weighted by atomic mass is 10.1. The Labute approximate surface area is 147 Å². The van der Waals surface area contributed by atoms with Crippen LogP contribution in [-0.2, 0) is 9.53 Å².